The first kappa shape index (κ1) is 11.0. The fourth-order valence-corrected chi connectivity index (χ4v) is 2.27. The summed E-state index contributed by atoms with van der Waals surface area (Å²) < 4.78 is 0. The van der Waals surface area contributed by atoms with E-state index in [2.05, 4.69) is 44.6 Å². The van der Waals surface area contributed by atoms with Crippen LogP contribution < -0.4 is 16.2 Å². The molecule has 0 saturated heterocycles. The van der Waals surface area contributed by atoms with E-state index < -0.39 is 0 Å². The zero-order valence-corrected chi connectivity index (χ0v) is 10.2. The third kappa shape index (κ3) is 1.89. The van der Waals surface area contributed by atoms with Crippen molar-refractivity contribution in [1.29, 1.82) is 0 Å². The number of aromatic nitrogens is 2. The van der Waals surface area contributed by atoms with Gasteiger partial charge in [0.15, 0.2) is 0 Å². The van der Waals surface area contributed by atoms with Crippen molar-refractivity contribution >= 4 is 11.8 Å². The largest absolute Gasteiger partial charge is 0.348 e. The van der Waals surface area contributed by atoms with Crippen LogP contribution in [0.5, 0.6) is 0 Å². The first-order chi connectivity index (χ1) is 8.76. The fraction of sp³-hybridized carbons (Fsp3) is 0.231. The van der Waals surface area contributed by atoms with E-state index in [9.17, 15) is 0 Å². The summed E-state index contributed by atoms with van der Waals surface area (Å²) in [6.07, 6.45) is 0. The summed E-state index contributed by atoms with van der Waals surface area (Å²) in [5, 5.41) is 0. The van der Waals surface area contributed by atoms with E-state index in [0.29, 0.717) is 5.95 Å². The van der Waals surface area contributed by atoms with E-state index in [1.165, 1.54) is 11.1 Å². The molecule has 0 atom stereocenters. The molecular weight excluding hydrogens is 226 g/mol. The number of nitrogens with zero attached hydrogens (tertiary/aromatic N) is 3. The Hall–Kier alpha value is -2.14. The molecule has 0 unspecified atom stereocenters. The predicted molar refractivity (Wildman–Crippen MR) is 70.9 cm³/mol. The zero-order chi connectivity index (χ0) is 12.5. The van der Waals surface area contributed by atoms with Gasteiger partial charge >= 0.3 is 0 Å². The maximum Gasteiger partial charge on any atom is 0.239 e. The third-order valence-corrected chi connectivity index (χ3v) is 3.13. The van der Waals surface area contributed by atoms with Crippen LogP contribution in [0.25, 0.3) is 0 Å². The third-order valence-electron chi connectivity index (χ3n) is 3.13. The SMILES string of the molecule is Cc1cc(N2Cc3ccccc3C2)nc(NN)n1. The van der Waals surface area contributed by atoms with Gasteiger partial charge in [0.2, 0.25) is 5.95 Å². The Morgan fingerprint density at radius 2 is 1.83 bits per heavy atom. The van der Waals surface area contributed by atoms with E-state index in [1.807, 2.05) is 13.0 Å². The number of rotatable bonds is 2. The molecule has 2 heterocycles. The fourth-order valence-electron chi connectivity index (χ4n) is 2.27. The van der Waals surface area contributed by atoms with Crippen molar-refractivity contribution in [3.05, 3.63) is 47.2 Å². The first-order valence-electron chi connectivity index (χ1n) is 5.90. The molecule has 0 radical (unpaired) electrons. The van der Waals surface area contributed by atoms with Crippen molar-refractivity contribution in [2.45, 2.75) is 20.0 Å². The Balaban J connectivity index is 1.92. The van der Waals surface area contributed by atoms with Crippen LogP contribution in [0.1, 0.15) is 16.8 Å². The molecule has 0 fully saturated rings. The first-order valence-corrected chi connectivity index (χ1v) is 5.90. The number of fused-ring (bicyclic) bond motifs is 1. The lowest BCUT2D eigenvalue weighted by molar-refractivity contribution is 0.848. The van der Waals surface area contributed by atoms with Crippen LogP contribution in [0.3, 0.4) is 0 Å². The van der Waals surface area contributed by atoms with Crippen molar-refractivity contribution in [3.63, 3.8) is 0 Å². The molecule has 1 aliphatic heterocycles. The number of nitrogens with two attached hydrogens (primary N) is 1. The Labute approximate surface area is 106 Å². The molecule has 92 valence electrons. The summed E-state index contributed by atoms with van der Waals surface area (Å²) in [6.45, 7) is 3.71. The molecule has 0 spiro atoms. The minimum Gasteiger partial charge on any atom is -0.348 e. The molecule has 0 amide bonds. The number of hydrazine groups is 1. The van der Waals surface area contributed by atoms with Gasteiger partial charge in [0.05, 0.1) is 0 Å². The molecule has 0 saturated carbocycles. The average Bonchev–Trinajstić information content (AvgIpc) is 2.81. The second-order valence-electron chi connectivity index (χ2n) is 4.46. The summed E-state index contributed by atoms with van der Waals surface area (Å²) in [6, 6.07) is 10.4. The van der Waals surface area contributed by atoms with Crippen LogP contribution in [-0.4, -0.2) is 9.97 Å². The molecule has 2 aromatic rings. The minimum absolute atomic E-state index is 0.459. The smallest absolute Gasteiger partial charge is 0.239 e. The summed E-state index contributed by atoms with van der Waals surface area (Å²) >= 11 is 0. The van der Waals surface area contributed by atoms with E-state index in [0.717, 1.165) is 24.6 Å². The van der Waals surface area contributed by atoms with Gasteiger partial charge in [-0.1, -0.05) is 24.3 Å². The lowest BCUT2D eigenvalue weighted by atomic mass is 10.1. The molecule has 18 heavy (non-hydrogen) atoms. The molecular formula is C13H15N5. The lowest BCUT2D eigenvalue weighted by Gasteiger charge is -2.17. The second-order valence-corrected chi connectivity index (χ2v) is 4.46. The number of benzene rings is 1. The van der Waals surface area contributed by atoms with Gasteiger partial charge in [-0.25, -0.2) is 10.8 Å². The van der Waals surface area contributed by atoms with Crippen molar-refractivity contribution < 1.29 is 0 Å². The van der Waals surface area contributed by atoms with Gasteiger partial charge in [-0.05, 0) is 18.1 Å². The molecule has 5 heteroatoms. The Morgan fingerprint density at radius 3 is 2.44 bits per heavy atom. The average molecular weight is 241 g/mol. The highest BCUT2D eigenvalue weighted by molar-refractivity contribution is 5.49. The van der Waals surface area contributed by atoms with Crippen molar-refractivity contribution in [3.8, 4) is 0 Å². The lowest BCUT2D eigenvalue weighted by Crippen LogP contribution is -2.19. The standard InChI is InChI=1S/C13H15N5/c1-9-6-12(16-13(15-9)17-14)18-7-10-4-2-3-5-11(10)8-18/h2-6H,7-8,14H2,1H3,(H,15,16,17). The molecule has 0 aliphatic carbocycles. The summed E-state index contributed by atoms with van der Waals surface area (Å²) in [4.78, 5) is 10.8. The molecule has 1 aromatic heterocycles. The van der Waals surface area contributed by atoms with Crippen LogP contribution in [0.4, 0.5) is 11.8 Å². The number of hydrogen-bond donors (Lipinski definition) is 2. The number of hydrogen-bond acceptors (Lipinski definition) is 5. The van der Waals surface area contributed by atoms with Crippen molar-refractivity contribution in [2.75, 3.05) is 10.3 Å². The molecule has 1 aromatic carbocycles. The number of aryl methyl sites for hydroxylation is 1. The number of nitrogen functional groups attached to an aromatic ring is 1. The van der Waals surface area contributed by atoms with Gasteiger partial charge in [0, 0.05) is 24.8 Å². The Kier molecular flexibility index (Phi) is 2.60. The maximum atomic E-state index is 5.38. The van der Waals surface area contributed by atoms with Gasteiger partial charge in [0.1, 0.15) is 5.82 Å². The molecule has 3 N–H and O–H groups in total. The van der Waals surface area contributed by atoms with Crippen LogP contribution >= 0.6 is 0 Å². The number of anilines is 2. The molecule has 1 aliphatic rings. The highest BCUT2D eigenvalue weighted by Crippen LogP contribution is 2.27. The quantitative estimate of drug-likeness (QED) is 0.617. The van der Waals surface area contributed by atoms with E-state index >= 15 is 0 Å². The summed E-state index contributed by atoms with van der Waals surface area (Å²) in [5.74, 6) is 6.75. The van der Waals surface area contributed by atoms with Gasteiger partial charge in [0.25, 0.3) is 0 Å². The molecule has 3 rings (SSSR count). The van der Waals surface area contributed by atoms with Gasteiger partial charge in [-0.3, -0.25) is 5.43 Å². The molecule has 0 bridgehead atoms. The van der Waals surface area contributed by atoms with E-state index in [-0.39, 0.29) is 0 Å². The van der Waals surface area contributed by atoms with Crippen molar-refractivity contribution in [2.24, 2.45) is 5.84 Å². The normalized spacial score (nSPS) is 13.6. The monoisotopic (exact) mass is 241 g/mol. The zero-order valence-electron chi connectivity index (χ0n) is 10.2. The topological polar surface area (TPSA) is 67.1 Å². The van der Waals surface area contributed by atoms with E-state index in [4.69, 9.17) is 5.84 Å². The second kappa shape index (κ2) is 4.27. The van der Waals surface area contributed by atoms with Crippen LogP contribution in [0.2, 0.25) is 0 Å². The summed E-state index contributed by atoms with van der Waals surface area (Å²) in [5.41, 5.74) is 6.13. The van der Waals surface area contributed by atoms with Crippen LogP contribution in [0.15, 0.2) is 30.3 Å². The van der Waals surface area contributed by atoms with Gasteiger partial charge in [-0.2, -0.15) is 4.98 Å². The van der Waals surface area contributed by atoms with E-state index in [1.54, 1.807) is 0 Å². The highest BCUT2D eigenvalue weighted by atomic mass is 15.3. The minimum atomic E-state index is 0.459. The van der Waals surface area contributed by atoms with Gasteiger partial charge in [-0.15, -0.1) is 0 Å². The summed E-state index contributed by atoms with van der Waals surface area (Å²) in [7, 11) is 0. The van der Waals surface area contributed by atoms with Gasteiger partial charge < -0.3 is 4.90 Å². The van der Waals surface area contributed by atoms with Crippen LogP contribution in [0, 0.1) is 6.92 Å². The predicted octanol–water partition coefficient (Wildman–Crippen LogP) is 1.59. The van der Waals surface area contributed by atoms with Crippen LogP contribution in [-0.2, 0) is 13.1 Å². The van der Waals surface area contributed by atoms with Crippen molar-refractivity contribution in [1.82, 2.24) is 9.97 Å². The Bertz CT molecular complexity index is 556. The number of nitrogens with one attached hydrogen (secondary N) is 1. The Morgan fingerprint density at radius 1 is 1.17 bits per heavy atom. The highest BCUT2D eigenvalue weighted by Gasteiger charge is 2.20. The molecule has 5 nitrogen and oxygen atoms in total. The maximum absolute atomic E-state index is 5.38.